The third-order valence-electron chi connectivity index (χ3n) is 5.85. The Morgan fingerprint density at radius 2 is 1.89 bits per heavy atom. The summed E-state index contributed by atoms with van der Waals surface area (Å²) in [4.78, 5) is 39.9. The fourth-order valence-corrected chi connectivity index (χ4v) is 4.41. The number of fused-ring (bicyclic) bond motifs is 1. The Kier molecular flexibility index (Phi) is 5.34. The molecule has 0 aliphatic carbocycles. The summed E-state index contributed by atoms with van der Waals surface area (Å²) < 4.78 is 16.0. The standard InChI is InChI=1S/C20H26N2O6/c1-6-20(19(25)28-7-2)15-14(17(23)22(3)18(15)24)16(21-20)12-9-8-11(26-4)10-13(12)27-5/h8-10,14-16,21H,6-7H2,1-5H3/t14-,15+,16-,20-/m0/s1. The highest BCUT2D eigenvalue weighted by atomic mass is 16.5. The number of rotatable bonds is 6. The van der Waals surface area contributed by atoms with Crippen molar-refractivity contribution in [2.45, 2.75) is 31.8 Å². The van der Waals surface area contributed by atoms with Gasteiger partial charge in [0.05, 0.1) is 32.7 Å². The number of imide groups is 1. The fraction of sp³-hybridized carbons (Fsp3) is 0.550. The summed E-state index contributed by atoms with van der Waals surface area (Å²) in [5.74, 6) is -1.62. The molecule has 3 rings (SSSR count). The van der Waals surface area contributed by atoms with Crippen LogP contribution in [0.1, 0.15) is 31.9 Å². The maximum absolute atomic E-state index is 12.9. The molecule has 0 unspecified atom stereocenters. The van der Waals surface area contributed by atoms with E-state index in [4.69, 9.17) is 14.2 Å². The second kappa shape index (κ2) is 7.43. The van der Waals surface area contributed by atoms with E-state index in [1.54, 1.807) is 32.2 Å². The topological polar surface area (TPSA) is 94.2 Å². The van der Waals surface area contributed by atoms with E-state index in [1.807, 2.05) is 6.92 Å². The van der Waals surface area contributed by atoms with Crippen LogP contribution in [-0.4, -0.2) is 56.1 Å². The maximum Gasteiger partial charge on any atom is 0.327 e. The molecule has 2 aliphatic rings. The van der Waals surface area contributed by atoms with Crippen molar-refractivity contribution in [3.05, 3.63) is 23.8 Å². The Labute approximate surface area is 164 Å². The van der Waals surface area contributed by atoms with E-state index in [9.17, 15) is 14.4 Å². The van der Waals surface area contributed by atoms with Crippen LogP contribution < -0.4 is 14.8 Å². The van der Waals surface area contributed by atoms with E-state index in [0.29, 0.717) is 23.5 Å². The van der Waals surface area contributed by atoms with Gasteiger partial charge in [-0.15, -0.1) is 0 Å². The van der Waals surface area contributed by atoms with Crippen LogP contribution in [0.4, 0.5) is 0 Å². The highest BCUT2D eigenvalue weighted by molar-refractivity contribution is 6.09. The van der Waals surface area contributed by atoms with Gasteiger partial charge in [0.15, 0.2) is 0 Å². The molecule has 28 heavy (non-hydrogen) atoms. The van der Waals surface area contributed by atoms with Gasteiger partial charge in [-0.1, -0.05) is 13.0 Å². The molecule has 152 valence electrons. The Balaban J connectivity index is 2.15. The van der Waals surface area contributed by atoms with Crippen molar-refractivity contribution < 1.29 is 28.6 Å². The molecule has 8 heteroatoms. The first kappa shape index (κ1) is 20.1. The molecule has 1 aromatic rings. The summed E-state index contributed by atoms with van der Waals surface area (Å²) in [7, 11) is 4.53. The summed E-state index contributed by atoms with van der Waals surface area (Å²) in [6.07, 6.45) is 0.314. The zero-order valence-electron chi connectivity index (χ0n) is 16.8. The van der Waals surface area contributed by atoms with Crippen molar-refractivity contribution in [1.29, 1.82) is 0 Å². The van der Waals surface area contributed by atoms with Crippen molar-refractivity contribution in [2.75, 3.05) is 27.9 Å². The Bertz CT molecular complexity index is 810. The van der Waals surface area contributed by atoms with Gasteiger partial charge in [-0.2, -0.15) is 0 Å². The van der Waals surface area contributed by atoms with Gasteiger partial charge in [0.25, 0.3) is 0 Å². The van der Waals surface area contributed by atoms with Gasteiger partial charge in [0.1, 0.15) is 17.0 Å². The first-order chi connectivity index (χ1) is 13.4. The number of likely N-dealkylation sites (tertiary alicyclic amines) is 1. The molecule has 8 nitrogen and oxygen atoms in total. The average molecular weight is 390 g/mol. The number of hydrogen-bond acceptors (Lipinski definition) is 7. The second-order valence-corrected chi connectivity index (χ2v) is 7.01. The molecule has 2 saturated heterocycles. The number of ether oxygens (including phenoxy) is 3. The average Bonchev–Trinajstić information content (AvgIpc) is 3.17. The van der Waals surface area contributed by atoms with Crippen molar-refractivity contribution >= 4 is 17.8 Å². The quantitative estimate of drug-likeness (QED) is 0.578. The predicted octanol–water partition coefficient (Wildman–Crippen LogP) is 1.29. The first-order valence-corrected chi connectivity index (χ1v) is 9.34. The van der Waals surface area contributed by atoms with E-state index < -0.39 is 29.4 Å². The van der Waals surface area contributed by atoms with Gasteiger partial charge in [-0.25, -0.2) is 0 Å². The van der Waals surface area contributed by atoms with Crippen molar-refractivity contribution in [3.63, 3.8) is 0 Å². The van der Waals surface area contributed by atoms with Crippen LogP contribution in [0.2, 0.25) is 0 Å². The lowest BCUT2D eigenvalue weighted by atomic mass is 9.78. The number of benzene rings is 1. The number of amides is 2. The van der Waals surface area contributed by atoms with Crippen molar-refractivity contribution in [1.82, 2.24) is 10.2 Å². The molecule has 2 heterocycles. The zero-order chi connectivity index (χ0) is 20.6. The lowest BCUT2D eigenvalue weighted by Gasteiger charge is -2.31. The van der Waals surface area contributed by atoms with Crippen molar-refractivity contribution in [3.8, 4) is 11.5 Å². The first-order valence-electron chi connectivity index (χ1n) is 9.34. The monoisotopic (exact) mass is 390 g/mol. The van der Waals surface area contributed by atoms with Crippen LogP contribution in [0.15, 0.2) is 18.2 Å². The minimum Gasteiger partial charge on any atom is -0.497 e. The summed E-state index contributed by atoms with van der Waals surface area (Å²) in [6, 6.07) is 4.69. The molecule has 0 aromatic heterocycles. The van der Waals surface area contributed by atoms with Crippen molar-refractivity contribution in [2.24, 2.45) is 11.8 Å². The number of methoxy groups -OCH3 is 2. The van der Waals surface area contributed by atoms with E-state index in [2.05, 4.69) is 5.32 Å². The van der Waals surface area contributed by atoms with Crippen LogP contribution in [0.25, 0.3) is 0 Å². The SMILES string of the molecule is CCOC(=O)[C@@]1(CC)N[C@@H](c2ccc(OC)cc2OC)[C@H]2C(=O)N(C)C(=O)[C@@H]21. The van der Waals surface area contributed by atoms with E-state index in [1.165, 1.54) is 14.2 Å². The molecular weight excluding hydrogens is 364 g/mol. The lowest BCUT2D eigenvalue weighted by molar-refractivity contribution is -0.156. The van der Waals surface area contributed by atoms with Crippen LogP contribution in [0, 0.1) is 11.8 Å². The number of hydrogen-bond donors (Lipinski definition) is 1. The Morgan fingerprint density at radius 1 is 1.18 bits per heavy atom. The lowest BCUT2D eigenvalue weighted by Crippen LogP contribution is -2.55. The summed E-state index contributed by atoms with van der Waals surface area (Å²) >= 11 is 0. The Morgan fingerprint density at radius 3 is 2.46 bits per heavy atom. The molecule has 0 radical (unpaired) electrons. The third-order valence-corrected chi connectivity index (χ3v) is 5.85. The summed E-state index contributed by atoms with van der Waals surface area (Å²) in [5.41, 5.74) is -0.581. The Hall–Kier alpha value is -2.61. The second-order valence-electron chi connectivity index (χ2n) is 7.01. The smallest absolute Gasteiger partial charge is 0.327 e. The minimum absolute atomic E-state index is 0.189. The highest BCUT2D eigenvalue weighted by Crippen LogP contribution is 2.51. The van der Waals surface area contributed by atoms with E-state index in [-0.39, 0.29) is 18.4 Å². The summed E-state index contributed by atoms with van der Waals surface area (Å²) in [6.45, 7) is 3.71. The van der Waals surface area contributed by atoms with E-state index in [0.717, 1.165) is 4.90 Å². The molecule has 0 saturated carbocycles. The number of nitrogens with one attached hydrogen (secondary N) is 1. The minimum atomic E-state index is -1.27. The highest BCUT2D eigenvalue weighted by Gasteiger charge is 2.67. The van der Waals surface area contributed by atoms with Crippen LogP contribution in [0.5, 0.6) is 11.5 Å². The van der Waals surface area contributed by atoms with Gasteiger partial charge in [-0.3, -0.25) is 24.6 Å². The molecule has 1 aromatic carbocycles. The molecule has 2 amide bonds. The zero-order valence-corrected chi connectivity index (χ0v) is 16.8. The van der Waals surface area contributed by atoms with Crippen LogP contribution >= 0.6 is 0 Å². The molecule has 0 bridgehead atoms. The summed E-state index contributed by atoms with van der Waals surface area (Å²) in [5, 5.41) is 3.29. The van der Waals surface area contributed by atoms with Gasteiger partial charge < -0.3 is 14.2 Å². The number of carbonyl (C=O) groups excluding carboxylic acids is 3. The van der Waals surface area contributed by atoms with Gasteiger partial charge in [0, 0.05) is 24.7 Å². The molecule has 2 fully saturated rings. The fourth-order valence-electron chi connectivity index (χ4n) is 4.41. The van der Waals surface area contributed by atoms with Gasteiger partial charge >= 0.3 is 5.97 Å². The molecule has 0 spiro atoms. The molecule has 4 atom stereocenters. The normalized spacial score (nSPS) is 29.0. The predicted molar refractivity (Wildman–Crippen MR) is 99.8 cm³/mol. The molecule has 2 aliphatic heterocycles. The maximum atomic E-state index is 12.9. The molecule has 1 N–H and O–H groups in total. The molecular formula is C20H26N2O6. The van der Waals surface area contributed by atoms with E-state index >= 15 is 0 Å². The van der Waals surface area contributed by atoms with Gasteiger partial charge in [-0.05, 0) is 19.4 Å². The number of carbonyl (C=O) groups is 3. The number of nitrogens with zero attached hydrogens (tertiary/aromatic N) is 1. The number of esters is 1. The van der Waals surface area contributed by atoms with Gasteiger partial charge in [0.2, 0.25) is 11.8 Å². The third kappa shape index (κ3) is 2.74. The van der Waals surface area contributed by atoms with Crippen LogP contribution in [0.3, 0.4) is 0 Å². The largest absolute Gasteiger partial charge is 0.497 e. The van der Waals surface area contributed by atoms with Crippen LogP contribution in [-0.2, 0) is 19.1 Å².